The molecule has 8 nitrogen and oxygen atoms in total. The lowest BCUT2D eigenvalue weighted by Crippen LogP contribution is -2.39. The number of nitrogens with zero attached hydrogens (tertiary/aromatic N) is 4. The lowest BCUT2D eigenvalue weighted by atomic mass is 10.1. The van der Waals surface area contributed by atoms with E-state index in [1.165, 1.54) is 12.1 Å². The van der Waals surface area contributed by atoms with Crippen LogP contribution in [0, 0.1) is 10.1 Å². The highest BCUT2D eigenvalue weighted by molar-refractivity contribution is 5.94. The van der Waals surface area contributed by atoms with Gasteiger partial charge in [-0.25, -0.2) is 0 Å². The summed E-state index contributed by atoms with van der Waals surface area (Å²) in [5.74, 6) is 0.618. The number of carbonyl (C=O) groups is 1. The van der Waals surface area contributed by atoms with E-state index < -0.39 is 4.92 Å². The zero-order valence-electron chi connectivity index (χ0n) is 16.3. The first kappa shape index (κ1) is 20.2. The van der Waals surface area contributed by atoms with Crippen LogP contribution in [0.1, 0.15) is 36.5 Å². The zero-order valence-corrected chi connectivity index (χ0v) is 16.3. The molecule has 0 saturated carbocycles. The molecule has 0 bridgehead atoms. The van der Waals surface area contributed by atoms with Crippen LogP contribution >= 0.6 is 0 Å². The third-order valence-corrected chi connectivity index (χ3v) is 4.75. The van der Waals surface area contributed by atoms with Crippen LogP contribution in [-0.4, -0.2) is 38.5 Å². The molecular weight excluding hydrogens is 372 g/mol. The Morgan fingerprint density at radius 1 is 1.21 bits per heavy atom. The predicted molar refractivity (Wildman–Crippen MR) is 107 cm³/mol. The first-order valence-electron chi connectivity index (χ1n) is 9.43. The summed E-state index contributed by atoms with van der Waals surface area (Å²) in [7, 11) is 0. The third-order valence-electron chi connectivity index (χ3n) is 4.75. The number of rotatable bonds is 8. The van der Waals surface area contributed by atoms with Crippen LogP contribution in [0.4, 0.5) is 5.69 Å². The van der Waals surface area contributed by atoms with Crippen LogP contribution in [0.3, 0.4) is 0 Å². The van der Waals surface area contributed by atoms with Gasteiger partial charge in [-0.3, -0.25) is 14.9 Å². The molecule has 0 fully saturated rings. The molecule has 150 valence electrons. The minimum absolute atomic E-state index is 0.0368. The van der Waals surface area contributed by atoms with Gasteiger partial charge < -0.3 is 9.42 Å². The molecule has 1 aromatic heterocycles. The maximum atomic E-state index is 12.9. The van der Waals surface area contributed by atoms with Crippen molar-refractivity contribution >= 4 is 11.6 Å². The summed E-state index contributed by atoms with van der Waals surface area (Å²) in [5.41, 5.74) is 1.11. The molecule has 1 amide bonds. The maximum Gasteiger partial charge on any atom is 0.270 e. The Morgan fingerprint density at radius 2 is 1.97 bits per heavy atom. The van der Waals surface area contributed by atoms with Crippen molar-refractivity contribution in [3.8, 4) is 11.4 Å². The van der Waals surface area contributed by atoms with E-state index in [4.69, 9.17) is 4.52 Å². The van der Waals surface area contributed by atoms with Crippen molar-refractivity contribution < 1.29 is 14.2 Å². The van der Waals surface area contributed by atoms with Gasteiger partial charge in [0.1, 0.15) is 0 Å². The number of amides is 1. The molecule has 0 aliphatic heterocycles. The standard InChI is InChI=1S/C21H22N4O4/c1-3-15(2)24(21(26)16-8-5-4-6-9-16)13-12-19-22-20(23-29-19)17-10-7-11-18(14-17)25(27)28/h4-11,14-15H,3,12-13H2,1-2H3/t15-/m0/s1. The summed E-state index contributed by atoms with van der Waals surface area (Å²) in [6, 6.07) is 15.3. The SMILES string of the molecule is CC[C@H](C)N(CCc1nc(-c2cccc([N+](=O)[O-])c2)no1)C(=O)c1ccccc1. The van der Waals surface area contributed by atoms with Crippen molar-refractivity contribution in [2.45, 2.75) is 32.7 Å². The number of non-ortho nitro benzene ring substituents is 1. The molecule has 8 heteroatoms. The molecule has 0 spiro atoms. The molecule has 29 heavy (non-hydrogen) atoms. The van der Waals surface area contributed by atoms with Gasteiger partial charge in [-0.2, -0.15) is 4.98 Å². The summed E-state index contributed by atoms with van der Waals surface area (Å²) < 4.78 is 5.30. The fourth-order valence-corrected chi connectivity index (χ4v) is 2.94. The van der Waals surface area contributed by atoms with Crippen LogP contribution < -0.4 is 0 Å². The van der Waals surface area contributed by atoms with E-state index in [1.807, 2.05) is 32.0 Å². The predicted octanol–water partition coefficient (Wildman–Crippen LogP) is 4.13. The number of nitro benzene ring substituents is 1. The van der Waals surface area contributed by atoms with Gasteiger partial charge in [-0.15, -0.1) is 0 Å². The summed E-state index contributed by atoms with van der Waals surface area (Å²) in [6.07, 6.45) is 1.21. The van der Waals surface area contributed by atoms with Gasteiger partial charge in [0.25, 0.3) is 11.6 Å². The third kappa shape index (κ3) is 4.84. The largest absolute Gasteiger partial charge is 0.339 e. The van der Waals surface area contributed by atoms with Gasteiger partial charge in [0, 0.05) is 42.3 Å². The molecule has 1 atom stereocenters. The minimum Gasteiger partial charge on any atom is -0.339 e. The Balaban J connectivity index is 1.73. The number of aromatic nitrogens is 2. The maximum absolute atomic E-state index is 12.9. The molecule has 0 radical (unpaired) electrons. The average Bonchev–Trinajstić information content (AvgIpc) is 3.23. The summed E-state index contributed by atoms with van der Waals surface area (Å²) in [6.45, 7) is 4.46. The van der Waals surface area contributed by atoms with Gasteiger partial charge in [0.05, 0.1) is 4.92 Å². The highest BCUT2D eigenvalue weighted by atomic mass is 16.6. The number of hydrogen-bond acceptors (Lipinski definition) is 6. The molecule has 2 aromatic carbocycles. The van der Waals surface area contributed by atoms with Crippen molar-refractivity contribution in [1.82, 2.24) is 15.0 Å². The molecule has 1 heterocycles. The number of nitro groups is 1. The van der Waals surface area contributed by atoms with Crippen LogP contribution in [0.25, 0.3) is 11.4 Å². The smallest absolute Gasteiger partial charge is 0.270 e. The van der Waals surface area contributed by atoms with Crippen LogP contribution in [0.5, 0.6) is 0 Å². The van der Waals surface area contributed by atoms with E-state index in [2.05, 4.69) is 10.1 Å². The quantitative estimate of drug-likeness (QED) is 0.420. The van der Waals surface area contributed by atoms with Crippen LogP contribution in [0.15, 0.2) is 59.1 Å². The summed E-state index contributed by atoms with van der Waals surface area (Å²) in [4.78, 5) is 29.5. The highest BCUT2D eigenvalue weighted by Gasteiger charge is 2.21. The van der Waals surface area contributed by atoms with E-state index >= 15 is 0 Å². The van der Waals surface area contributed by atoms with Gasteiger partial charge in [0.15, 0.2) is 0 Å². The van der Waals surface area contributed by atoms with Gasteiger partial charge >= 0.3 is 0 Å². The number of carbonyl (C=O) groups excluding carboxylic acids is 1. The molecular formula is C21H22N4O4. The monoisotopic (exact) mass is 394 g/mol. The lowest BCUT2D eigenvalue weighted by molar-refractivity contribution is -0.384. The zero-order chi connectivity index (χ0) is 20.8. The fraction of sp³-hybridized carbons (Fsp3) is 0.286. The molecule has 0 unspecified atom stereocenters. The van der Waals surface area contributed by atoms with Gasteiger partial charge in [-0.1, -0.05) is 42.4 Å². The van der Waals surface area contributed by atoms with E-state index in [0.29, 0.717) is 30.0 Å². The first-order valence-corrected chi connectivity index (χ1v) is 9.43. The van der Waals surface area contributed by atoms with Crippen molar-refractivity contribution in [2.24, 2.45) is 0 Å². The van der Waals surface area contributed by atoms with Crippen molar-refractivity contribution in [2.75, 3.05) is 6.54 Å². The lowest BCUT2D eigenvalue weighted by Gasteiger charge is -2.28. The molecule has 0 N–H and O–H groups in total. The Kier molecular flexibility index (Phi) is 6.33. The minimum atomic E-state index is -0.469. The molecule has 0 aliphatic rings. The second-order valence-electron chi connectivity index (χ2n) is 6.69. The van der Waals surface area contributed by atoms with Gasteiger partial charge in [-0.05, 0) is 25.5 Å². The Hall–Kier alpha value is -3.55. The van der Waals surface area contributed by atoms with E-state index in [9.17, 15) is 14.9 Å². The molecule has 3 aromatic rings. The number of hydrogen-bond donors (Lipinski definition) is 0. The van der Waals surface area contributed by atoms with Crippen LogP contribution in [-0.2, 0) is 6.42 Å². The molecule has 0 saturated heterocycles. The van der Waals surface area contributed by atoms with E-state index in [0.717, 1.165) is 6.42 Å². The summed E-state index contributed by atoms with van der Waals surface area (Å²) >= 11 is 0. The Morgan fingerprint density at radius 3 is 2.66 bits per heavy atom. The normalized spacial score (nSPS) is 11.8. The Labute approximate surface area is 168 Å². The first-order chi connectivity index (χ1) is 14.0. The van der Waals surface area contributed by atoms with Crippen molar-refractivity contribution in [3.05, 3.63) is 76.2 Å². The average molecular weight is 394 g/mol. The Bertz CT molecular complexity index is 987. The highest BCUT2D eigenvalue weighted by Crippen LogP contribution is 2.21. The number of benzene rings is 2. The summed E-state index contributed by atoms with van der Waals surface area (Å²) in [5, 5.41) is 14.9. The van der Waals surface area contributed by atoms with E-state index in [1.54, 1.807) is 29.2 Å². The molecule has 3 rings (SSSR count). The van der Waals surface area contributed by atoms with Crippen LogP contribution in [0.2, 0.25) is 0 Å². The van der Waals surface area contributed by atoms with Crippen molar-refractivity contribution in [1.29, 1.82) is 0 Å². The van der Waals surface area contributed by atoms with E-state index in [-0.39, 0.29) is 23.5 Å². The topological polar surface area (TPSA) is 102 Å². The second kappa shape index (κ2) is 9.09. The van der Waals surface area contributed by atoms with Crippen molar-refractivity contribution in [3.63, 3.8) is 0 Å². The fourth-order valence-electron chi connectivity index (χ4n) is 2.94. The van der Waals surface area contributed by atoms with Gasteiger partial charge in [0.2, 0.25) is 11.7 Å². The second-order valence-corrected chi connectivity index (χ2v) is 6.69. The molecule has 0 aliphatic carbocycles.